The number of carbonyl (C=O) groups excluding carboxylic acids is 3. The Morgan fingerprint density at radius 1 is 1.03 bits per heavy atom. The summed E-state index contributed by atoms with van der Waals surface area (Å²) >= 11 is 0. The summed E-state index contributed by atoms with van der Waals surface area (Å²) in [4.78, 5) is 51.7. The molecule has 0 bridgehead atoms. The van der Waals surface area contributed by atoms with Gasteiger partial charge in [-0.15, -0.1) is 0 Å². The van der Waals surface area contributed by atoms with E-state index in [1.807, 2.05) is 44.2 Å². The van der Waals surface area contributed by atoms with Gasteiger partial charge in [0, 0.05) is 14.1 Å². The summed E-state index contributed by atoms with van der Waals surface area (Å²) in [7, 11) is 2.86. The largest absolute Gasteiger partial charge is 0.480 e. The van der Waals surface area contributed by atoms with Gasteiger partial charge in [0.05, 0.1) is 0 Å². The van der Waals surface area contributed by atoms with Crippen LogP contribution >= 0.6 is 0 Å². The third kappa shape index (κ3) is 8.56. The van der Waals surface area contributed by atoms with Gasteiger partial charge in [-0.2, -0.15) is 0 Å². The molecule has 1 aromatic rings. The summed E-state index contributed by atoms with van der Waals surface area (Å²) in [5.74, 6) is -2.33. The number of aliphatic carboxylic acids is 1. The van der Waals surface area contributed by atoms with Gasteiger partial charge in [-0.1, -0.05) is 58.0 Å². The first-order chi connectivity index (χ1) is 14.9. The number of rotatable bonds is 11. The van der Waals surface area contributed by atoms with E-state index in [0.717, 1.165) is 10.5 Å². The number of likely N-dealkylation sites (N-methyl/N-ethyl adjacent to an activating group) is 2. The molecule has 0 aliphatic heterocycles. The Kier molecular flexibility index (Phi) is 10.7. The highest BCUT2D eigenvalue weighted by atomic mass is 16.6. The van der Waals surface area contributed by atoms with Crippen molar-refractivity contribution >= 4 is 23.9 Å². The lowest BCUT2D eigenvalue weighted by atomic mass is 9.99. The highest BCUT2D eigenvalue weighted by Gasteiger charge is 2.34. The molecule has 178 valence electrons. The number of benzene rings is 1. The van der Waals surface area contributed by atoms with Gasteiger partial charge < -0.3 is 20.1 Å². The molecule has 1 rings (SSSR count). The zero-order valence-electron chi connectivity index (χ0n) is 19.7. The zero-order valence-corrected chi connectivity index (χ0v) is 19.7. The lowest BCUT2D eigenvalue weighted by molar-refractivity contribution is -0.145. The third-order valence-corrected chi connectivity index (χ3v) is 4.94. The third-order valence-electron chi connectivity index (χ3n) is 4.94. The van der Waals surface area contributed by atoms with Crippen LogP contribution in [0.2, 0.25) is 0 Å². The van der Waals surface area contributed by atoms with Crippen LogP contribution in [0.4, 0.5) is 4.79 Å². The number of hydrogen-bond donors (Lipinski definition) is 2. The number of ether oxygens (including phenoxy) is 1. The van der Waals surface area contributed by atoms with Crippen LogP contribution in [-0.4, -0.2) is 71.5 Å². The van der Waals surface area contributed by atoms with E-state index in [0.29, 0.717) is 6.42 Å². The van der Waals surface area contributed by atoms with Crippen molar-refractivity contribution in [1.29, 1.82) is 0 Å². The van der Waals surface area contributed by atoms with Gasteiger partial charge in [0.2, 0.25) is 11.8 Å². The molecule has 2 N–H and O–H groups in total. The predicted octanol–water partition coefficient (Wildman–Crippen LogP) is 2.35. The summed E-state index contributed by atoms with van der Waals surface area (Å²) in [5.41, 5.74) is 0.825. The first kappa shape index (κ1) is 26.9. The molecule has 2 atom stereocenters. The molecule has 0 radical (unpaired) electrons. The quantitative estimate of drug-likeness (QED) is 0.536. The molecule has 0 spiro atoms. The highest BCUT2D eigenvalue weighted by molar-refractivity contribution is 5.92. The molecule has 0 heterocycles. The molecule has 9 heteroatoms. The number of amides is 3. The molecular formula is C23H35N3O6. The number of hydrogen-bond acceptors (Lipinski definition) is 5. The zero-order chi connectivity index (χ0) is 24.4. The average molecular weight is 450 g/mol. The van der Waals surface area contributed by atoms with E-state index < -0.39 is 42.5 Å². The number of nitrogens with zero attached hydrogens (tertiary/aromatic N) is 2. The number of carboxylic acids is 1. The lowest BCUT2D eigenvalue weighted by Crippen LogP contribution is -2.56. The number of carbonyl (C=O) groups is 4. The highest BCUT2D eigenvalue weighted by Crippen LogP contribution is 2.15. The van der Waals surface area contributed by atoms with Crippen molar-refractivity contribution in [3.63, 3.8) is 0 Å². The van der Waals surface area contributed by atoms with Crippen LogP contribution < -0.4 is 5.32 Å². The van der Waals surface area contributed by atoms with Crippen molar-refractivity contribution < 1.29 is 29.0 Å². The van der Waals surface area contributed by atoms with Crippen LogP contribution in [0.25, 0.3) is 0 Å². The van der Waals surface area contributed by atoms with Crippen LogP contribution in [-0.2, 0) is 25.7 Å². The molecule has 0 fully saturated rings. The van der Waals surface area contributed by atoms with Gasteiger partial charge in [0.25, 0.3) is 0 Å². The molecule has 9 nitrogen and oxygen atoms in total. The standard InChI is InChI=1S/C23H35N3O6/c1-15(2)12-18(26(6)23(31)32-14-17-10-8-7-9-11-17)21(29)24-20(16(3)4)22(30)25(5)13-19(27)28/h7-11,15-16,18,20H,12-14H2,1-6H3,(H,24,29)(H,27,28)/t18-,20-/m0/s1. The van der Waals surface area contributed by atoms with Gasteiger partial charge in [-0.3, -0.25) is 19.3 Å². The van der Waals surface area contributed by atoms with Gasteiger partial charge in [0.15, 0.2) is 0 Å². The second-order valence-corrected chi connectivity index (χ2v) is 8.61. The summed E-state index contributed by atoms with van der Waals surface area (Å²) < 4.78 is 5.35. The molecule has 0 aliphatic carbocycles. The van der Waals surface area contributed by atoms with Crippen molar-refractivity contribution in [2.45, 2.75) is 52.8 Å². The molecule has 0 aromatic heterocycles. The monoisotopic (exact) mass is 449 g/mol. The molecule has 0 saturated heterocycles. The van der Waals surface area contributed by atoms with E-state index in [4.69, 9.17) is 9.84 Å². The average Bonchev–Trinajstić information content (AvgIpc) is 2.72. The molecule has 1 aromatic carbocycles. The minimum Gasteiger partial charge on any atom is -0.480 e. The first-order valence-electron chi connectivity index (χ1n) is 10.6. The smallest absolute Gasteiger partial charge is 0.410 e. The van der Waals surface area contributed by atoms with E-state index in [-0.39, 0.29) is 18.4 Å². The van der Waals surface area contributed by atoms with E-state index in [1.54, 1.807) is 13.8 Å². The Bertz CT molecular complexity index is 781. The maximum absolute atomic E-state index is 13.1. The Labute approximate surface area is 189 Å². The minimum atomic E-state index is -1.15. The molecule has 32 heavy (non-hydrogen) atoms. The summed E-state index contributed by atoms with van der Waals surface area (Å²) in [5, 5.41) is 11.7. The predicted molar refractivity (Wildman–Crippen MR) is 120 cm³/mol. The van der Waals surface area contributed by atoms with Crippen LogP contribution in [0.15, 0.2) is 30.3 Å². The van der Waals surface area contributed by atoms with Crippen molar-refractivity contribution in [3.05, 3.63) is 35.9 Å². The topological polar surface area (TPSA) is 116 Å². The van der Waals surface area contributed by atoms with Crippen LogP contribution in [0.1, 0.15) is 39.7 Å². The lowest BCUT2D eigenvalue weighted by Gasteiger charge is -2.31. The Hall–Kier alpha value is -3.10. The van der Waals surface area contributed by atoms with Crippen LogP contribution in [0, 0.1) is 11.8 Å². The fourth-order valence-corrected chi connectivity index (χ4v) is 3.12. The maximum atomic E-state index is 13.1. The van der Waals surface area contributed by atoms with Crippen molar-refractivity contribution in [2.24, 2.45) is 11.8 Å². The maximum Gasteiger partial charge on any atom is 0.410 e. The van der Waals surface area contributed by atoms with Crippen molar-refractivity contribution in [3.8, 4) is 0 Å². The number of carboxylic acid groups (broad SMARTS) is 1. The van der Waals surface area contributed by atoms with Gasteiger partial charge in [0.1, 0.15) is 25.2 Å². The van der Waals surface area contributed by atoms with Gasteiger partial charge >= 0.3 is 12.1 Å². The number of nitrogens with one attached hydrogen (secondary N) is 1. The van der Waals surface area contributed by atoms with Crippen molar-refractivity contribution in [2.75, 3.05) is 20.6 Å². The van der Waals surface area contributed by atoms with Gasteiger partial charge in [-0.25, -0.2) is 4.79 Å². The molecular weight excluding hydrogens is 414 g/mol. The summed E-state index contributed by atoms with van der Waals surface area (Å²) in [6.45, 7) is 6.97. The second kappa shape index (κ2) is 12.7. The van der Waals surface area contributed by atoms with E-state index >= 15 is 0 Å². The normalized spacial score (nSPS) is 12.8. The first-order valence-corrected chi connectivity index (χ1v) is 10.6. The SMILES string of the molecule is CC(C)C[C@@H](C(=O)N[C@H](C(=O)N(C)CC(=O)O)C(C)C)N(C)C(=O)OCc1ccccc1. The molecule has 0 unspecified atom stereocenters. The Balaban J connectivity index is 2.92. The molecule has 3 amide bonds. The Morgan fingerprint density at radius 3 is 2.12 bits per heavy atom. The van der Waals surface area contributed by atoms with E-state index in [9.17, 15) is 19.2 Å². The van der Waals surface area contributed by atoms with Crippen molar-refractivity contribution in [1.82, 2.24) is 15.1 Å². The minimum absolute atomic E-state index is 0.0765. The van der Waals surface area contributed by atoms with Crippen LogP contribution in [0.5, 0.6) is 0 Å². The summed E-state index contributed by atoms with van der Waals surface area (Å²) in [6, 6.07) is 7.43. The second-order valence-electron chi connectivity index (χ2n) is 8.61. The Morgan fingerprint density at radius 2 is 1.62 bits per heavy atom. The fourth-order valence-electron chi connectivity index (χ4n) is 3.12. The van der Waals surface area contributed by atoms with E-state index in [1.165, 1.54) is 19.0 Å². The van der Waals surface area contributed by atoms with Gasteiger partial charge in [-0.05, 0) is 23.8 Å². The molecule has 0 aliphatic rings. The fraction of sp³-hybridized carbons (Fsp3) is 0.565. The molecule has 0 saturated carbocycles. The van der Waals surface area contributed by atoms with Crippen LogP contribution in [0.3, 0.4) is 0 Å². The van der Waals surface area contributed by atoms with E-state index in [2.05, 4.69) is 5.32 Å². The summed E-state index contributed by atoms with van der Waals surface area (Å²) in [6.07, 6.45) is -0.280.